The molecule has 0 aliphatic carbocycles. The molecule has 10 fully saturated rings. The second-order valence-corrected chi connectivity index (χ2v) is 30.2. The smallest absolute Gasteiger partial charge is 0.217 e. The van der Waals surface area contributed by atoms with E-state index in [1.165, 1.54) is 0 Å². The van der Waals surface area contributed by atoms with E-state index >= 15 is 0 Å². The van der Waals surface area contributed by atoms with Gasteiger partial charge in [0.2, 0.25) is 17.7 Å². The lowest BCUT2D eigenvalue weighted by molar-refractivity contribution is -0.407. The second kappa shape index (κ2) is 43.1. The van der Waals surface area contributed by atoms with Gasteiger partial charge in [0.1, 0.15) is 244 Å². The number of nitrogens with one attached hydrogen (secondary N) is 3. The Kier molecular flexibility index (Phi) is 35.4. The highest BCUT2D eigenvalue weighted by Gasteiger charge is 2.62. The molecule has 10 rings (SSSR count). The molecule has 10 aliphatic heterocycles. The van der Waals surface area contributed by atoms with Crippen LogP contribution < -0.4 is 16.0 Å². The van der Waals surface area contributed by atoms with Crippen molar-refractivity contribution in [3.63, 3.8) is 0 Å². The molecule has 0 radical (unpaired) electrons. The molecule has 696 valence electrons. The molecule has 54 heteroatoms. The highest BCUT2D eigenvalue weighted by Crippen LogP contribution is 2.41. The molecule has 0 bridgehead atoms. The minimum absolute atomic E-state index is 0.887. The number of carbonyl (C=O) groups is 3. The number of hydrogen-bond acceptors (Lipinski definition) is 51. The van der Waals surface area contributed by atoms with Gasteiger partial charge >= 0.3 is 0 Å². The van der Waals surface area contributed by atoms with E-state index in [1.807, 2.05) is 0 Å². The van der Waals surface area contributed by atoms with Crippen molar-refractivity contribution in [2.24, 2.45) is 0 Å². The first-order valence-corrected chi connectivity index (χ1v) is 38.2. The average molecular weight is 1760 g/mol. The van der Waals surface area contributed by atoms with Crippen molar-refractivity contribution in [2.75, 3.05) is 66.1 Å². The van der Waals surface area contributed by atoms with E-state index in [-0.39, 0.29) is 0 Å². The van der Waals surface area contributed by atoms with E-state index in [9.17, 15) is 162 Å². The number of hydrogen-bond donors (Lipinski definition) is 32. The van der Waals surface area contributed by atoms with Crippen LogP contribution >= 0.6 is 0 Å². The standard InChI is InChI=1S/C66H111N3O51/c1-14(79)67-27-35(87)49(114-61-44(96)38(90)30(82)17(4-70)104-61)22(9-75)108-58(27)113-53-25(12-78)111-66(56(47(53)99)120-60-29(69-16(3)81)37(89)51(24(11-77)110-60)116-63-46(98)40(92)32(84)19(6-72)106-63)118-54-34(86)26(112-64(48(54)100)117-52-21(8-74)103-57(101)43(95)42(52)94)13-102-65-55(41(93)33(85)20(7-73)107-65)119-59-28(68-15(2)80)36(88)50(23(10-76)109-59)115-62-45(97)39(91)31(83)18(5-71)105-62/h17-66,70-78,82-101H,4-13H2,1-3H3,(H,67,79)(H,68,80)(H,69,81)/t17-,18-,19-,20-,21-,22-,23-,24-,25-,26-,27-,28-,29+,30+,31+,32+,33-,34-,35-,36-,37-,38+,39+,40+,41+,42-,43-,44-,45-,46-,47+,48+,49-,50-,51-,52-,53-,54+,55+,56+,57?,58+,59+,60+,61+,62+,63+,64+,65+,66-/m1/s1. The van der Waals surface area contributed by atoms with Crippen LogP contribution in [0.4, 0.5) is 0 Å². The molecule has 1 unspecified atom stereocenters. The van der Waals surface area contributed by atoms with Crippen LogP contribution in [-0.4, -0.2) is 539 Å². The predicted molar refractivity (Wildman–Crippen MR) is 364 cm³/mol. The molecule has 54 nitrogen and oxygen atoms in total. The number of ether oxygens (including phenoxy) is 19. The fraction of sp³-hybridized carbons (Fsp3) is 0.955. The number of aliphatic hydroxyl groups is 29. The van der Waals surface area contributed by atoms with Crippen molar-refractivity contribution in [3.8, 4) is 0 Å². The first-order valence-electron chi connectivity index (χ1n) is 38.2. The summed E-state index contributed by atoms with van der Waals surface area (Å²) in [7, 11) is 0. The van der Waals surface area contributed by atoms with Crippen molar-refractivity contribution in [1.82, 2.24) is 16.0 Å². The zero-order valence-electron chi connectivity index (χ0n) is 63.9. The molecular weight excluding hydrogens is 1650 g/mol. The topological polar surface area (TPSA) is 849 Å². The summed E-state index contributed by atoms with van der Waals surface area (Å²) in [5.41, 5.74) is 0. The Morgan fingerprint density at radius 2 is 0.458 bits per heavy atom. The highest BCUT2D eigenvalue weighted by atomic mass is 16.8. The lowest BCUT2D eigenvalue weighted by atomic mass is 9.93. The molecule has 32 N–H and O–H groups in total. The molecule has 0 aromatic carbocycles. The Morgan fingerprint density at radius 3 is 0.800 bits per heavy atom. The van der Waals surface area contributed by atoms with Crippen molar-refractivity contribution in [3.05, 3.63) is 0 Å². The monoisotopic (exact) mass is 1760 g/mol. The number of carbonyl (C=O) groups excluding carboxylic acids is 3. The predicted octanol–water partition coefficient (Wildman–Crippen LogP) is -22.4. The Bertz CT molecular complexity index is 3170. The summed E-state index contributed by atoms with van der Waals surface area (Å²) in [5.74, 6) is -2.96. The largest absolute Gasteiger partial charge is 0.394 e. The molecule has 50 atom stereocenters. The van der Waals surface area contributed by atoms with Gasteiger partial charge in [-0.05, 0) is 0 Å². The lowest BCUT2D eigenvalue weighted by Gasteiger charge is -2.52. The van der Waals surface area contributed by atoms with Gasteiger partial charge in [0.25, 0.3) is 0 Å². The Balaban J connectivity index is 1.00. The maximum absolute atomic E-state index is 13.2. The van der Waals surface area contributed by atoms with Gasteiger partial charge in [-0.3, -0.25) is 14.4 Å². The molecule has 0 saturated carbocycles. The van der Waals surface area contributed by atoms with Gasteiger partial charge in [-0.2, -0.15) is 0 Å². The first kappa shape index (κ1) is 98.7. The molecule has 0 aromatic rings. The Labute approximate surface area is 678 Å². The normalized spacial score (nSPS) is 50.4. The average Bonchev–Trinajstić information content (AvgIpc) is 0.762. The van der Waals surface area contributed by atoms with Gasteiger partial charge in [-0.25, -0.2) is 0 Å². The van der Waals surface area contributed by atoms with Gasteiger partial charge in [0.15, 0.2) is 62.9 Å². The van der Waals surface area contributed by atoms with Gasteiger partial charge in [-0.15, -0.1) is 0 Å². The minimum atomic E-state index is -2.62. The number of amides is 3. The molecule has 10 heterocycles. The van der Waals surface area contributed by atoms with Crippen molar-refractivity contribution in [2.45, 2.75) is 328 Å². The summed E-state index contributed by atoms with van der Waals surface area (Å²) in [4.78, 5) is 39.2. The van der Waals surface area contributed by atoms with Crippen molar-refractivity contribution >= 4 is 17.7 Å². The van der Waals surface area contributed by atoms with Gasteiger partial charge in [0.05, 0.1) is 66.1 Å². The third-order valence-corrected chi connectivity index (χ3v) is 22.1. The molecular formula is C66H111N3O51. The van der Waals surface area contributed by atoms with E-state index < -0.39 is 391 Å². The van der Waals surface area contributed by atoms with E-state index in [2.05, 4.69) is 16.0 Å². The van der Waals surface area contributed by atoms with Crippen LogP contribution in [0.5, 0.6) is 0 Å². The molecule has 10 aliphatic rings. The maximum atomic E-state index is 13.2. The number of rotatable bonds is 31. The van der Waals surface area contributed by atoms with Crippen LogP contribution in [0.3, 0.4) is 0 Å². The number of aliphatic hydroxyl groups excluding tert-OH is 29. The lowest BCUT2D eigenvalue weighted by Crippen LogP contribution is -2.71. The van der Waals surface area contributed by atoms with E-state index in [0.29, 0.717) is 0 Å². The third-order valence-electron chi connectivity index (χ3n) is 22.1. The SMILES string of the molecule is CC(=O)N[C@@H]1[C@H](O[C@@H]2[C@@H](O[C@@H]3[C@H](O)[C@H](O[C@H]4[C@H](O)[C@@H](O)C(O)O[C@@H]4CO)O[C@H](CO[C@H]4O[C@H](CO)[C@@H](O)[C@H](O)[C@@H]4O[C@@H]4O[C@H](CO)[C@@H](O[C@@H]5O[C@H](CO)[C@H](O)[C@H](O)[C@H]5O)[C@H](O)[C@H]4NC(C)=O)[C@H]3O)O[C@H](CO)[C@@H](O[C@@H]3O[C@H](CO)[C@@H](O[C@@H]4O[C@H](CO)[C@H](O)[C@H](O)[C@H]4O)[C@H](O)[C@H]3NC(C)=O)[C@@H]2O)O[C@H](CO)[C@@H](O[C@@H]2O[C@H](CO)[C@H](O)[C@H](O)[C@H]2O)[C@@H]1O. The highest BCUT2D eigenvalue weighted by molar-refractivity contribution is 5.74. The van der Waals surface area contributed by atoms with Crippen LogP contribution in [0.25, 0.3) is 0 Å². The summed E-state index contributed by atoms with van der Waals surface area (Å²) in [6.07, 6.45) is -100. The van der Waals surface area contributed by atoms with Crippen LogP contribution in [-0.2, 0) is 104 Å². The molecule has 120 heavy (non-hydrogen) atoms. The Morgan fingerprint density at radius 1 is 0.217 bits per heavy atom. The maximum Gasteiger partial charge on any atom is 0.217 e. The fourth-order valence-corrected chi connectivity index (χ4v) is 15.5. The van der Waals surface area contributed by atoms with Crippen LogP contribution in [0.1, 0.15) is 20.8 Å². The summed E-state index contributed by atoms with van der Waals surface area (Å²) >= 11 is 0. The van der Waals surface area contributed by atoms with Gasteiger partial charge in [-0.1, -0.05) is 0 Å². The summed E-state index contributed by atoms with van der Waals surface area (Å²) in [6.45, 7) is -8.61. The fourth-order valence-electron chi connectivity index (χ4n) is 15.5. The van der Waals surface area contributed by atoms with E-state index in [1.54, 1.807) is 0 Å². The van der Waals surface area contributed by atoms with Crippen LogP contribution in [0.2, 0.25) is 0 Å². The van der Waals surface area contributed by atoms with Crippen LogP contribution in [0.15, 0.2) is 0 Å². The van der Waals surface area contributed by atoms with Crippen molar-refractivity contribution < 1.29 is 252 Å². The first-order chi connectivity index (χ1) is 56.8. The zero-order chi connectivity index (χ0) is 88.2. The summed E-state index contributed by atoms with van der Waals surface area (Å²) < 4.78 is 113. The van der Waals surface area contributed by atoms with Crippen LogP contribution in [0, 0.1) is 0 Å². The Hall–Kier alpha value is -3.51. The zero-order valence-corrected chi connectivity index (χ0v) is 63.9. The van der Waals surface area contributed by atoms with Gasteiger partial charge in [0, 0.05) is 20.8 Å². The summed E-state index contributed by atoms with van der Waals surface area (Å²) in [6, 6.07) is -6.00. The molecule has 10 saturated heterocycles. The molecule has 3 amide bonds. The molecule has 0 spiro atoms. The van der Waals surface area contributed by atoms with E-state index in [4.69, 9.17) is 90.0 Å². The second-order valence-electron chi connectivity index (χ2n) is 30.2. The minimum Gasteiger partial charge on any atom is -0.394 e. The van der Waals surface area contributed by atoms with E-state index in [0.717, 1.165) is 20.8 Å². The summed E-state index contributed by atoms with van der Waals surface area (Å²) in [5, 5.41) is 328. The van der Waals surface area contributed by atoms with Gasteiger partial charge < -0.3 is 254 Å². The van der Waals surface area contributed by atoms with Crippen molar-refractivity contribution in [1.29, 1.82) is 0 Å². The quantitative estimate of drug-likeness (QED) is 0.0306. The third kappa shape index (κ3) is 21.2. The molecule has 0 aromatic heterocycles.